The molecule has 0 aliphatic heterocycles. The summed E-state index contributed by atoms with van der Waals surface area (Å²) in [5, 5.41) is 0. The summed E-state index contributed by atoms with van der Waals surface area (Å²) in [6.45, 7) is 4.27. The first-order chi connectivity index (χ1) is 7.99. The van der Waals surface area contributed by atoms with Gasteiger partial charge in [0.2, 0.25) is 0 Å². The molecule has 1 aromatic carbocycles. The van der Waals surface area contributed by atoms with Gasteiger partial charge in [-0.1, -0.05) is 37.9 Å². The second-order valence-corrected chi connectivity index (χ2v) is 8.23. The average Bonchev–Trinajstić information content (AvgIpc) is 2.69. The third kappa shape index (κ3) is 3.03. The van der Waals surface area contributed by atoms with Crippen molar-refractivity contribution in [1.29, 1.82) is 0 Å². The summed E-state index contributed by atoms with van der Waals surface area (Å²) in [5.41, 5.74) is 3.90. The summed E-state index contributed by atoms with van der Waals surface area (Å²) in [5.74, 6) is 0. The topological polar surface area (TPSA) is 0 Å². The van der Waals surface area contributed by atoms with Gasteiger partial charge in [-0.05, 0) is 64.7 Å². The van der Waals surface area contributed by atoms with Crippen molar-refractivity contribution in [2.45, 2.75) is 18.7 Å². The number of alkyl halides is 1. The van der Waals surface area contributed by atoms with E-state index in [9.17, 15) is 0 Å². The number of hydrogen-bond acceptors (Lipinski definition) is 1. The highest BCUT2D eigenvalue weighted by Gasteiger charge is 2.15. The second-order valence-electron chi connectivity index (χ2n) is 3.96. The molecule has 0 radical (unpaired) electrons. The SMILES string of the molecule is Cc1cc(C(Br)c2ccc(Br)s2)c(C)cc1Br. The maximum atomic E-state index is 3.79. The van der Waals surface area contributed by atoms with Gasteiger partial charge in [0.15, 0.2) is 0 Å². The lowest BCUT2D eigenvalue weighted by molar-refractivity contribution is 1.16. The van der Waals surface area contributed by atoms with Gasteiger partial charge < -0.3 is 0 Å². The second kappa shape index (κ2) is 5.55. The Labute approximate surface area is 131 Å². The molecule has 0 fully saturated rings. The maximum Gasteiger partial charge on any atom is 0.0741 e. The monoisotopic (exact) mass is 436 g/mol. The van der Waals surface area contributed by atoms with Crippen LogP contribution in [-0.4, -0.2) is 0 Å². The van der Waals surface area contributed by atoms with Crippen molar-refractivity contribution in [3.05, 3.63) is 54.1 Å². The molecular formula is C13H11Br3S. The van der Waals surface area contributed by atoms with Gasteiger partial charge in [0, 0.05) is 9.35 Å². The number of hydrogen-bond donors (Lipinski definition) is 0. The molecule has 17 heavy (non-hydrogen) atoms. The lowest BCUT2D eigenvalue weighted by Gasteiger charge is -2.13. The standard InChI is InChI=1S/C13H11Br3S/c1-7-6-10(14)8(2)5-9(7)13(16)11-3-4-12(15)17-11/h3-6,13H,1-2H3. The van der Waals surface area contributed by atoms with Gasteiger partial charge in [0.25, 0.3) is 0 Å². The molecular weight excluding hydrogens is 428 g/mol. The molecule has 0 aliphatic carbocycles. The molecule has 0 saturated heterocycles. The van der Waals surface area contributed by atoms with Crippen molar-refractivity contribution in [2.75, 3.05) is 0 Å². The Morgan fingerprint density at radius 1 is 1.06 bits per heavy atom. The fourth-order valence-corrected chi connectivity index (χ4v) is 4.50. The van der Waals surface area contributed by atoms with Crippen molar-refractivity contribution < 1.29 is 0 Å². The molecule has 0 aliphatic rings. The normalized spacial score (nSPS) is 12.8. The molecule has 0 spiro atoms. The maximum absolute atomic E-state index is 3.79. The summed E-state index contributed by atoms with van der Waals surface area (Å²) < 4.78 is 2.34. The van der Waals surface area contributed by atoms with E-state index in [1.807, 2.05) is 0 Å². The first-order valence-electron chi connectivity index (χ1n) is 5.15. The highest BCUT2D eigenvalue weighted by Crippen LogP contribution is 2.39. The first kappa shape index (κ1) is 13.8. The zero-order valence-corrected chi connectivity index (χ0v) is 15.0. The van der Waals surface area contributed by atoms with Gasteiger partial charge >= 0.3 is 0 Å². The van der Waals surface area contributed by atoms with Crippen molar-refractivity contribution in [3.8, 4) is 0 Å². The fraction of sp³-hybridized carbons (Fsp3) is 0.231. The van der Waals surface area contributed by atoms with Crippen molar-refractivity contribution in [3.63, 3.8) is 0 Å². The van der Waals surface area contributed by atoms with Gasteiger partial charge in [0.1, 0.15) is 0 Å². The van der Waals surface area contributed by atoms with Crippen molar-refractivity contribution >= 4 is 59.1 Å². The summed E-state index contributed by atoms with van der Waals surface area (Å²) in [6, 6.07) is 8.67. The van der Waals surface area contributed by atoms with E-state index in [1.54, 1.807) is 11.3 Å². The Kier molecular flexibility index (Phi) is 4.50. The van der Waals surface area contributed by atoms with Crippen LogP contribution in [0.2, 0.25) is 0 Å². The number of thiophene rings is 1. The molecule has 1 aromatic heterocycles. The van der Waals surface area contributed by atoms with E-state index in [2.05, 4.69) is 85.9 Å². The summed E-state index contributed by atoms with van der Waals surface area (Å²) in [4.78, 5) is 1.59. The molecule has 0 amide bonds. The predicted octanol–water partition coefficient (Wildman–Crippen LogP) is 6.37. The largest absolute Gasteiger partial charge is 0.132 e. The van der Waals surface area contributed by atoms with Crippen LogP contribution in [0.15, 0.2) is 32.5 Å². The van der Waals surface area contributed by atoms with Crippen LogP contribution in [-0.2, 0) is 0 Å². The van der Waals surface area contributed by atoms with Crippen LogP contribution in [0.3, 0.4) is 0 Å². The Hall–Kier alpha value is 0.360. The Morgan fingerprint density at radius 3 is 2.35 bits per heavy atom. The Morgan fingerprint density at radius 2 is 1.76 bits per heavy atom. The van der Waals surface area contributed by atoms with Crippen molar-refractivity contribution in [1.82, 2.24) is 0 Å². The third-order valence-electron chi connectivity index (χ3n) is 2.66. The lowest BCUT2D eigenvalue weighted by Crippen LogP contribution is -1.95. The highest BCUT2D eigenvalue weighted by molar-refractivity contribution is 9.11. The van der Waals surface area contributed by atoms with E-state index in [4.69, 9.17) is 0 Å². The molecule has 2 aromatic rings. The molecule has 1 atom stereocenters. The lowest BCUT2D eigenvalue weighted by atomic mass is 10.0. The minimum Gasteiger partial charge on any atom is -0.132 e. The number of rotatable bonds is 2. The van der Waals surface area contributed by atoms with Gasteiger partial charge in [-0.25, -0.2) is 0 Å². The van der Waals surface area contributed by atoms with Crippen LogP contribution in [0, 0.1) is 13.8 Å². The Balaban J connectivity index is 2.43. The molecule has 2 rings (SSSR count). The van der Waals surface area contributed by atoms with Crippen LogP contribution in [0.1, 0.15) is 26.4 Å². The molecule has 0 N–H and O–H groups in total. The predicted molar refractivity (Wildman–Crippen MR) is 86.4 cm³/mol. The van der Waals surface area contributed by atoms with Gasteiger partial charge in [-0.2, -0.15) is 0 Å². The number of benzene rings is 1. The van der Waals surface area contributed by atoms with Gasteiger partial charge in [-0.15, -0.1) is 11.3 Å². The van der Waals surface area contributed by atoms with Gasteiger partial charge in [0.05, 0.1) is 8.61 Å². The van der Waals surface area contributed by atoms with E-state index >= 15 is 0 Å². The first-order valence-corrected chi connectivity index (χ1v) is 8.47. The zero-order valence-electron chi connectivity index (χ0n) is 9.43. The van der Waals surface area contributed by atoms with E-state index in [-0.39, 0.29) is 4.83 Å². The minimum atomic E-state index is 0.269. The quantitative estimate of drug-likeness (QED) is 0.477. The van der Waals surface area contributed by atoms with Gasteiger partial charge in [-0.3, -0.25) is 0 Å². The van der Waals surface area contributed by atoms with E-state index < -0.39 is 0 Å². The molecule has 1 heterocycles. The van der Waals surface area contributed by atoms with E-state index in [0.29, 0.717) is 0 Å². The molecule has 0 bridgehead atoms. The van der Waals surface area contributed by atoms with Crippen LogP contribution in [0.5, 0.6) is 0 Å². The zero-order chi connectivity index (χ0) is 12.6. The Bertz CT molecular complexity index is 546. The van der Waals surface area contributed by atoms with Crippen LogP contribution < -0.4 is 0 Å². The van der Waals surface area contributed by atoms with Crippen LogP contribution in [0.4, 0.5) is 0 Å². The van der Waals surface area contributed by atoms with Crippen molar-refractivity contribution in [2.24, 2.45) is 0 Å². The molecule has 1 unspecified atom stereocenters. The molecule has 90 valence electrons. The summed E-state index contributed by atoms with van der Waals surface area (Å²) >= 11 is 12.6. The smallest absolute Gasteiger partial charge is 0.0741 e. The fourth-order valence-electron chi connectivity index (χ4n) is 1.69. The highest BCUT2D eigenvalue weighted by atomic mass is 79.9. The summed E-state index contributed by atoms with van der Waals surface area (Å²) in [7, 11) is 0. The van der Waals surface area contributed by atoms with Crippen LogP contribution in [0.25, 0.3) is 0 Å². The number of halogens is 3. The third-order valence-corrected chi connectivity index (χ3v) is 6.50. The van der Waals surface area contributed by atoms with E-state index in [0.717, 1.165) is 0 Å². The molecule has 0 saturated carbocycles. The summed E-state index contributed by atoms with van der Waals surface area (Å²) in [6.07, 6.45) is 0. The van der Waals surface area contributed by atoms with Crippen LogP contribution >= 0.6 is 59.1 Å². The average molecular weight is 439 g/mol. The molecule has 0 nitrogen and oxygen atoms in total. The minimum absolute atomic E-state index is 0.269. The molecule has 4 heteroatoms. The van der Waals surface area contributed by atoms with E-state index in [1.165, 1.54) is 29.8 Å². The number of aryl methyl sites for hydroxylation is 2.